The van der Waals surface area contributed by atoms with E-state index in [1.807, 2.05) is 65.0 Å². The van der Waals surface area contributed by atoms with Crippen LogP contribution in [0, 0.1) is 20.8 Å². The van der Waals surface area contributed by atoms with Crippen molar-refractivity contribution in [3.05, 3.63) is 64.7 Å². The smallest absolute Gasteiger partial charge is 0.257 e. The topological polar surface area (TPSA) is 94.9 Å². The lowest BCUT2D eigenvalue weighted by atomic mass is 10.1. The average Bonchev–Trinajstić information content (AvgIpc) is 3.29. The number of nitrogens with one attached hydrogen (secondary N) is 2. The van der Waals surface area contributed by atoms with Crippen LogP contribution in [-0.2, 0) is 0 Å². The molecule has 4 rings (SSSR count). The summed E-state index contributed by atoms with van der Waals surface area (Å²) in [6.07, 6.45) is 0. The Morgan fingerprint density at radius 1 is 0.923 bits per heavy atom. The van der Waals surface area contributed by atoms with Crippen LogP contribution in [0.5, 0.6) is 17.2 Å². The monoisotopic (exact) mass is 547 g/mol. The van der Waals surface area contributed by atoms with Gasteiger partial charge in [-0.15, -0.1) is 0 Å². The summed E-state index contributed by atoms with van der Waals surface area (Å²) >= 11 is 5.48. The molecule has 0 aliphatic carbocycles. The Hall–Kier alpha value is -4.11. The highest BCUT2D eigenvalue weighted by Crippen LogP contribution is 2.39. The Morgan fingerprint density at radius 2 is 1.56 bits per heavy atom. The lowest BCUT2D eigenvalue weighted by Crippen LogP contribution is -2.34. The van der Waals surface area contributed by atoms with Gasteiger partial charge in [-0.25, -0.2) is 4.98 Å². The van der Waals surface area contributed by atoms with E-state index in [1.54, 1.807) is 12.1 Å². The minimum absolute atomic E-state index is 0.147. The van der Waals surface area contributed by atoms with Gasteiger partial charge >= 0.3 is 0 Å². The van der Waals surface area contributed by atoms with Gasteiger partial charge in [-0.3, -0.25) is 10.1 Å². The molecule has 0 atom stereocenters. The van der Waals surface area contributed by atoms with Crippen molar-refractivity contribution >= 4 is 40.0 Å². The molecular weight excluding hydrogens is 514 g/mol. The molecule has 3 aromatic carbocycles. The average molecular weight is 548 g/mol. The fraction of sp³-hybridized carbons (Fsp3) is 0.300. The van der Waals surface area contributed by atoms with Gasteiger partial charge in [-0.2, -0.15) is 0 Å². The van der Waals surface area contributed by atoms with E-state index in [9.17, 15) is 4.79 Å². The first-order chi connectivity index (χ1) is 18.7. The zero-order chi connectivity index (χ0) is 28.1. The quantitative estimate of drug-likeness (QED) is 0.222. The first-order valence-electron chi connectivity index (χ1n) is 12.9. The molecule has 0 spiro atoms. The van der Waals surface area contributed by atoms with Crippen molar-refractivity contribution in [2.24, 2.45) is 0 Å². The second kappa shape index (κ2) is 12.2. The molecule has 39 heavy (non-hydrogen) atoms. The highest BCUT2D eigenvalue weighted by Gasteiger charge is 2.20. The summed E-state index contributed by atoms with van der Waals surface area (Å²) in [5.74, 6) is 1.45. The van der Waals surface area contributed by atoms with E-state index in [2.05, 4.69) is 22.5 Å². The van der Waals surface area contributed by atoms with Gasteiger partial charge in [0, 0.05) is 16.8 Å². The number of thiocarbonyl (C=S) groups is 1. The number of amides is 1. The van der Waals surface area contributed by atoms with Gasteiger partial charge in [-0.05, 0) is 107 Å². The van der Waals surface area contributed by atoms with Crippen molar-refractivity contribution in [2.75, 3.05) is 25.1 Å². The number of fused-ring (bicyclic) bond motifs is 1. The lowest BCUT2D eigenvalue weighted by Gasteiger charge is -2.17. The summed E-state index contributed by atoms with van der Waals surface area (Å²) in [5, 5.41) is 6.02. The number of oxazole rings is 1. The van der Waals surface area contributed by atoms with Gasteiger partial charge in [0.15, 0.2) is 22.2 Å². The maximum absolute atomic E-state index is 13.1. The molecule has 1 aromatic heterocycles. The molecule has 0 saturated heterocycles. The van der Waals surface area contributed by atoms with Crippen molar-refractivity contribution in [1.82, 2.24) is 10.3 Å². The number of carbonyl (C=O) groups excluding carboxylic acids is 1. The van der Waals surface area contributed by atoms with Crippen LogP contribution in [0.4, 0.5) is 5.69 Å². The third kappa shape index (κ3) is 6.15. The molecule has 1 amide bonds. The van der Waals surface area contributed by atoms with E-state index < -0.39 is 5.91 Å². The van der Waals surface area contributed by atoms with Gasteiger partial charge in [0.1, 0.15) is 5.52 Å². The molecule has 4 aromatic rings. The predicted octanol–water partition coefficient (Wildman–Crippen LogP) is 6.74. The summed E-state index contributed by atoms with van der Waals surface area (Å²) in [4.78, 5) is 17.8. The summed E-state index contributed by atoms with van der Waals surface area (Å²) in [5.41, 5.74) is 6.62. The minimum atomic E-state index is -0.407. The largest absolute Gasteiger partial charge is 0.490 e. The van der Waals surface area contributed by atoms with Gasteiger partial charge in [0.05, 0.1) is 19.8 Å². The van der Waals surface area contributed by atoms with Crippen molar-refractivity contribution in [3.63, 3.8) is 0 Å². The van der Waals surface area contributed by atoms with E-state index in [-0.39, 0.29) is 5.11 Å². The maximum Gasteiger partial charge on any atom is 0.257 e. The van der Waals surface area contributed by atoms with Crippen molar-refractivity contribution in [3.8, 4) is 28.7 Å². The first-order valence-corrected chi connectivity index (χ1v) is 13.3. The van der Waals surface area contributed by atoms with E-state index in [0.29, 0.717) is 48.5 Å². The van der Waals surface area contributed by atoms with Gasteiger partial charge in [0.25, 0.3) is 5.91 Å². The van der Waals surface area contributed by atoms with Crippen LogP contribution in [0.25, 0.3) is 22.6 Å². The lowest BCUT2D eigenvalue weighted by molar-refractivity contribution is 0.0976. The molecule has 0 saturated carbocycles. The fourth-order valence-electron chi connectivity index (χ4n) is 4.15. The number of anilines is 1. The summed E-state index contributed by atoms with van der Waals surface area (Å²) in [7, 11) is 0. The molecule has 0 bridgehead atoms. The molecule has 8 nitrogen and oxygen atoms in total. The van der Waals surface area contributed by atoms with Crippen molar-refractivity contribution in [2.45, 2.75) is 41.5 Å². The predicted molar refractivity (Wildman–Crippen MR) is 157 cm³/mol. The number of aryl methyl sites for hydroxylation is 2. The molecule has 1 heterocycles. The Balaban J connectivity index is 1.55. The fourth-order valence-corrected chi connectivity index (χ4v) is 4.35. The molecule has 0 unspecified atom stereocenters. The van der Waals surface area contributed by atoms with Gasteiger partial charge in [0.2, 0.25) is 11.6 Å². The number of carbonyl (C=O) groups is 1. The number of aromatic nitrogens is 1. The van der Waals surface area contributed by atoms with Gasteiger partial charge in [-0.1, -0.05) is 6.07 Å². The van der Waals surface area contributed by atoms with Crippen LogP contribution in [0.15, 0.2) is 46.9 Å². The Morgan fingerprint density at radius 3 is 2.21 bits per heavy atom. The summed E-state index contributed by atoms with van der Waals surface area (Å²) < 4.78 is 23.2. The molecule has 0 aliphatic heterocycles. The van der Waals surface area contributed by atoms with Crippen molar-refractivity contribution < 1.29 is 23.4 Å². The van der Waals surface area contributed by atoms with Crippen LogP contribution >= 0.6 is 12.2 Å². The van der Waals surface area contributed by atoms with Crippen LogP contribution < -0.4 is 24.8 Å². The highest BCUT2D eigenvalue weighted by molar-refractivity contribution is 7.80. The zero-order valence-corrected chi connectivity index (χ0v) is 23.9. The SMILES string of the molecule is CCOc1cc(C(=O)NC(=S)Nc2cccc(-c3nc4cc(C)c(C)cc4o3)c2C)cc(OCC)c1OCC. The van der Waals surface area contributed by atoms with E-state index in [1.165, 1.54) is 0 Å². The maximum atomic E-state index is 13.1. The normalized spacial score (nSPS) is 10.8. The summed E-state index contributed by atoms with van der Waals surface area (Å²) in [6.45, 7) is 12.9. The van der Waals surface area contributed by atoms with E-state index in [4.69, 9.17) is 30.8 Å². The molecule has 204 valence electrons. The number of benzene rings is 3. The number of ether oxygens (including phenoxy) is 3. The van der Waals surface area contributed by atoms with E-state index in [0.717, 1.165) is 39.0 Å². The van der Waals surface area contributed by atoms with Crippen molar-refractivity contribution in [1.29, 1.82) is 0 Å². The highest BCUT2D eigenvalue weighted by atomic mass is 32.1. The number of hydrogen-bond acceptors (Lipinski definition) is 7. The third-order valence-corrected chi connectivity index (χ3v) is 6.42. The first kappa shape index (κ1) is 27.9. The Labute approximate surface area is 233 Å². The zero-order valence-electron chi connectivity index (χ0n) is 23.1. The number of rotatable bonds is 9. The van der Waals surface area contributed by atoms with Crippen LogP contribution in [0.1, 0.15) is 47.8 Å². The van der Waals surface area contributed by atoms with Crippen LogP contribution in [0.2, 0.25) is 0 Å². The summed E-state index contributed by atoms with van der Waals surface area (Å²) in [6, 6.07) is 13.0. The molecule has 9 heteroatoms. The second-order valence-corrected chi connectivity index (χ2v) is 9.32. The van der Waals surface area contributed by atoms with Gasteiger partial charge < -0.3 is 23.9 Å². The van der Waals surface area contributed by atoms with E-state index >= 15 is 0 Å². The molecule has 0 fully saturated rings. The number of nitrogens with zero attached hydrogens (tertiary/aromatic N) is 1. The Kier molecular flexibility index (Phi) is 8.71. The second-order valence-electron chi connectivity index (χ2n) is 8.91. The number of hydrogen-bond donors (Lipinski definition) is 2. The molecule has 0 aliphatic rings. The third-order valence-electron chi connectivity index (χ3n) is 6.21. The molecule has 2 N–H and O–H groups in total. The molecular formula is C30H33N3O5S. The molecule has 0 radical (unpaired) electrons. The Bertz CT molecular complexity index is 1460. The standard InChI is InChI=1S/C30H33N3O5S/c1-7-35-25-15-20(16-26(36-8-2)27(25)37-9-3)28(34)33-30(39)32-22-12-10-11-21(19(22)6)29-31-23-13-17(4)18(5)14-24(23)38-29/h10-16H,7-9H2,1-6H3,(H2,32,33,34,39). The minimum Gasteiger partial charge on any atom is -0.490 e. The van der Waals surface area contributed by atoms with Crippen LogP contribution in [0.3, 0.4) is 0 Å². The van der Waals surface area contributed by atoms with Crippen LogP contribution in [-0.4, -0.2) is 35.8 Å².